The van der Waals surface area contributed by atoms with Gasteiger partial charge in [-0.2, -0.15) is 17.0 Å². The quantitative estimate of drug-likeness (QED) is 0.720. The molecule has 22 heavy (non-hydrogen) atoms. The van der Waals surface area contributed by atoms with Crippen molar-refractivity contribution in [3.8, 4) is 0 Å². The summed E-state index contributed by atoms with van der Waals surface area (Å²) < 4.78 is 35.4. The topological polar surface area (TPSA) is 49.9 Å². The summed E-state index contributed by atoms with van der Waals surface area (Å²) in [6.07, 6.45) is 9.93. The number of hydrogen-bond acceptors (Lipinski definition) is 3. The standard InChI is InChI=1S/C16H30N2O3S/c1-21-13-16-8-5-11-17(16)22(19,20)18(12-14-9-10-14)15-6-3-2-4-7-15/h14-16H,2-13H2,1H3. The third kappa shape index (κ3) is 3.66. The molecule has 5 nitrogen and oxygen atoms in total. The Morgan fingerprint density at radius 1 is 1.05 bits per heavy atom. The lowest BCUT2D eigenvalue weighted by Crippen LogP contribution is -2.52. The normalized spacial score (nSPS) is 28.5. The molecule has 0 aromatic rings. The molecule has 1 aliphatic heterocycles. The first kappa shape index (κ1) is 16.7. The highest BCUT2D eigenvalue weighted by Gasteiger charge is 2.42. The Kier molecular flexibility index (Phi) is 5.43. The maximum absolute atomic E-state index is 13.3. The van der Waals surface area contributed by atoms with Crippen molar-refractivity contribution in [2.45, 2.75) is 69.9 Å². The molecule has 0 aromatic carbocycles. The zero-order chi connectivity index (χ0) is 15.6. The van der Waals surface area contributed by atoms with Gasteiger partial charge in [0.2, 0.25) is 0 Å². The van der Waals surface area contributed by atoms with Crippen molar-refractivity contribution in [2.24, 2.45) is 5.92 Å². The fourth-order valence-corrected chi connectivity index (χ4v) is 6.12. The van der Waals surface area contributed by atoms with Crippen LogP contribution in [0.5, 0.6) is 0 Å². The van der Waals surface area contributed by atoms with Crippen LogP contribution in [0.4, 0.5) is 0 Å². The first-order chi connectivity index (χ1) is 10.6. The van der Waals surface area contributed by atoms with Crippen molar-refractivity contribution in [1.82, 2.24) is 8.61 Å². The average molecular weight is 330 g/mol. The Balaban J connectivity index is 1.77. The molecular formula is C16H30N2O3S. The van der Waals surface area contributed by atoms with Gasteiger partial charge >= 0.3 is 0 Å². The van der Waals surface area contributed by atoms with E-state index >= 15 is 0 Å². The maximum atomic E-state index is 13.3. The Hall–Kier alpha value is -0.170. The summed E-state index contributed by atoms with van der Waals surface area (Å²) in [5.41, 5.74) is 0. The van der Waals surface area contributed by atoms with Gasteiger partial charge in [-0.15, -0.1) is 0 Å². The zero-order valence-electron chi connectivity index (χ0n) is 13.7. The molecule has 0 bridgehead atoms. The molecule has 3 aliphatic rings. The van der Waals surface area contributed by atoms with Crippen molar-refractivity contribution >= 4 is 10.2 Å². The Morgan fingerprint density at radius 2 is 1.77 bits per heavy atom. The molecule has 0 spiro atoms. The van der Waals surface area contributed by atoms with Gasteiger partial charge in [-0.25, -0.2) is 0 Å². The van der Waals surface area contributed by atoms with E-state index in [2.05, 4.69) is 0 Å². The predicted octanol–water partition coefficient (Wildman–Crippen LogP) is 2.39. The van der Waals surface area contributed by atoms with Gasteiger partial charge in [0.05, 0.1) is 6.61 Å². The molecular weight excluding hydrogens is 300 g/mol. The lowest BCUT2D eigenvalue weighted by Gasteiger charge is -2.37. The summed E-state index contributed by atoms with van der Waals surface area (Å²) in [5, 5.41) is 0. The van der Waals surface area contributed by atoms with Crippen LogP contribution in [0, 0.1) is 5.92 Å². The minimum atomic E-state index is -3.34. The highest BCUT2D eigenvalue weighted by molar-refractivity contribution is 7.86. The molecule has 0 N–H and O–H groups in total. The smallest absolute Gasteiger partial charge is 0.282 e. The maximum Gasteiger partial charge on any atom is 0.282 e. The fourth-order valence-electron chi connectivity index (χ4n) is 3.96. The molecule has 3 fully saturated rings. The number of nitrogens with zero attached hydrogens (tertiary/aromatic N) is 2. The molecule has 2 aliphatic carbocycles. The molecule has 0 amide bonds. The fraction of sp³-hybridized carbons (Fsp3) is 1.00. The van der Waals surface area contributed by atoms with Crippen LogP contribution in [0.2, 0.25) is 0 Å². The number of rotatable bonds is 7. The molecule has 128 valence electrons. The van der Waals surface area contributed by atoms with Gasteiger partial charge in [0.25, 0.3) is 10.2 Å². The molecule has 3 rings (SSSR count). The summed E-state index contributed by atoms with van der Waals surface area (Å²) >= 11 is 0. The lowest BCUT2D eigenvalue weighted by atomic mass is 9.95. The van der Waals surface area contributed by atoms with Gasteiger partial charge < -0.3 is 4.74 Å². The first-order valence-corrected chi connectivity index (χ1v) is 10.3. The molecule has 6 heteroatoms. The Labute approximate surface area is 135 Å². The lowest BCUT2D eigenvalue weighted by molar-refractivity contribution is 0.142. The molecule has 1 atom stereocenters. The third-order valence-corrected chi connectivity index (χ3v) is 7.51. The van der Waals surface area contributed by atoms with E-state index in [0.717, 1.165) is 32.2 Å². The van der Waals surface area contributed by atoms with Crippen molar-refractivity contribution in [2.75, 3.05) is 26.8 Å². The van der Waals surface area contributed by atoms with E-state index in [4.69, 9.17) is 4.74 Å². The summed E-state index contributed by atoms with van der Waals surface area (Å²) in [6.45, 7) is 1.91. The largest absolute Gasteiger partial charge is 0.383 e. The van der Waals surface area contributed by atoms with Crippen molar-refractivity contribution in [3.63, 3.8) is 0 Å². The second-order valence-electron chi connectivity index (χ2n) is 7.17. The second-order valence-corrected chi connectivity index (χ2v) is 9.01. The Morgan fingerprint density at radius 3 is 2.41 bits per heavy atom. The Bertz CT molecular complexity index is 458. The van der Waals surface area contributed by atoms with E-state index in [9.17, 15) is 8.42 Å². The van der Waals surface area contributed by atoms with Crippen LogP contribution in [0.3, 0.4) is 0 Å². The summed E-state index contributed by atoms with van der Waals surface area (Å²) in [5.74, 6) is 0.597. The molecule has 1 unspecified atom stereocenters. The molecule has 1 saturated heterocycles. The van der Waals surface area contributed by atoms with Gasteiger partial charge in [-0.05, 0) is 44.4 Å². The van der Waals surface area contributed by atoms with Crippen LogP contribution in [-0.2, 0) is 14.9 Å². The zero-order valence-corrected chi connectivity index (χ0v) is 14.6. The van der Waals surface area contributed by atoms with Gasteiger partial charge in [0.15, 0.2) is 0 Å². The van der Waals surface area contributed by atoms with Crippen LogP contribution in [0.1, 0.15) is 57.8 Å². The monoisotopic (exact) mass is 330 g/mol. The molecule has 0 radical (unpaired) electrons. The first-order valence-electron chi connectivity index (χ1n) is 8.90. The van der Waals surface area contributed by atoms with Crippen LogP contribution < -0.4 is 0 Å². The SMILES string of the molecule is COCC1CCCN1S(=O)(=O)N(CC1CC1)C1CCCCC1. The number of hydrogen-bond donors (Lipinski definition) is 0. The van der Waals surface area contributed by atoms with Crippen molar-refractivity contribution in [3.05, 3.63) is 0 Å². The van der Waals surface area contributed by atoms with Crippen LogP contribution >= 0.6 is 0 Å². The van der Waals surface area contributed by atoms with Gasteiger partial charge in [0, 0.05) is 32.3 Å². The number of methoxy groups -OCH3 is 1. The molecule has 2 saturated carbocycles. The van der Waals surface area contributed by atoms with E-state index in [1.165, 1.54) is 32.1 Å². The predicted molar refractivity (Wildman–Crippen MR) is 86.8 cm³/mol. The third-order valence-electron chi connectivity index (χ3n) is 5.39. The van der Waals surface area contributed by atoms with Crippen LogP contribution in [-0.4, -0.2) is 55.9 Å². The van der Waals surface area contributed by atoms with E-state index in [1.807, 2.05) is 4.31 Å². The molecule has 1 heterocycles. The second kappa shape index (κ2) is 7.16. The van der Waals surface area contributed by atoms with Crippen LogP contribution in [0.15, 0.2) is 0 Å². The van der Waals surface area contributed by atoms with Gasteiger partial charge in [0.1, 0.15) is 0 Å². The summed E-state index contributed by atoms with van der Waals surface area (Å²) in [4.78, 5) is 0. The minimum Gasteiger partial charge on any atom is -0.383 e. The number of ether oxygens (including phenoxy) is 1. The summed E-state index contributed by atoms with van der Waals surface area (Å²) in [7, 11) is -1.68. The van der Waals surface area contributed by atoms with E-state index in [-0.39, 0.29) is 12.1 Å². The van der Waals surface area contributed by atoms with Crippen molar-refractivity contribution in [1.29, 1.82) is 0 Å². The van der Waals surface area contributed by atoms with Gasteiger partial charge in [-0.3, -0.25) is 0 Å². The highest BCUT2D eigenvalue weighted by Crippen LogP contribution is 2.36. The van der Waals surface area contributed by atoms with Gasteiger partial charge in [-0.1, -0.05) is 19.3 Å². The highest BCUT2D eigenvalue weighted by atomic mass is 32.2. The van der Waals surface area contributed by atoms with E-state index in [1.54, 1.807) is 11.4 Å². The van der Waals surface area contributed by atoms with E-state index < -0.39 is 10.2 Å². The minimum absolute atomic E-state index is 0.0280. The molecule has 0 aromatic heterocycles. The van der Waals surface area contributed by atoms with Crippen molar-refractivity contribution < 1.29 is 13.2 Å². The average Bonchev–Trinajstić information content (AvgIpc) is 3.22. The summed E-state index contributed by atoms with van der Waals surface area (Å²) in [6, 6.07) is 0.253. The van der Waals surface area contributed by atoms with E-state index in [0.29, 0.717) is 19.1 Å². The van der Waals surface area contributed by atoms with Crippen LogP contribution in [0.25, 0.3) is 0 Å².